The van der Waals surface area contributed by atoms with Crippen molar-refractivity contribution in [3.63, 3.8) is 0 Å². The minimum Gasteiger partial charge on any atom is -0.392 e. The van der Waals surface area contributed by atoms with Crippen molar-refractivity contribution in [3.8, 4) is 0 Å². The molecule has 1 nitrogen and oxygen atoms in total. The van der Waals surface area contributed by atoms with E-state index in [0.29, 0.717) is 5.56 Å². The molecule has 0 atom stereocenters. The summed E-state index contributed by atoms with van der Waals surface area (Å²) in [5.74, 6) is 0. The van der Waals surface area contributed by atoms with Crippen molar-refractivity contribution < 1.29 is 21.7 Å². The third-order valence-corrected chi connectivity index (χ3v) is 3.06. The summed E-state index contributed by atoms with van der Waals surface area (Å²) in [6.07, 6.45) is 0.257. The monoisotopic (exact) mass is 242 g/mol. The van der Waals surface area contributed by atoms with Crippen LogP contribution in [0.25, 0.3) is 0 Å². The highest BCUT2D eigenvalue weighted by atomic mass is 32.3. The summed E-state index contributed by atoms with van der Waals surface area (Å²) in [5.41, 5.74) is -0.314. The van der Waals surface area contributed by atoms with Crippen LogP contribution in [0, 0.1) is 0 Å². The molecule has 0 radical (unpaired) electrons. The van der Waals surface area contributed by atoms with Gasteiger partial charge in [-0.15, -0.1) is 0 Å². The Morgan fingerprint density at radius 3 is 2.00 bits per heavy atom. The summed E-state index contributed by atoms with van der Waals surface area (Å²) >= 11 is 0. The predicted octanol–water partition coefficient (Wildman–Crippen LogP) is 3.43. The summed E-state index contributed by atoms with van der Waals surface area (Å²) in [7, 11) is -4.97. The molecule has 86 valence electrons. The van der Waals surface area contributed by atoms with Crippen LogP contribution in [-0.2, 0) is 11.9 Å². The van der Waals surface area contributed by atoms with Crippen molar-refractivity contribution in [2.75, 3.05) is 6.26 Å². The molecular formula is C9H10F4OS. The van der Waals surface area contributed by atoms with Crippen molar-refractivity contribution in [2.24, 2.45) is 0 Å². The lowest BCUT2D eigenvalue weighted by molar-refractivity contribution is 0.0883. The quantitative estimate of drug-likeness (QED) is 0.805. The number of aliphatic hydroxyl groups is 1. The Morgan fingerprint density at radius 1 is 1.20 bits per heavy atom. The van der Waals surface area contributed by atoms with Crippen LogP contribution in [0.3, 0.4) is 0 Å². The number of aliphatic hydroxyl groups excluding tert-OH is 1. The summed E-state index contributed by atoms with van der Waals surface area (Å²) in [6.45, 7) is -0.304. The van der Waals surface area contributed by atoms with Gasteiger partial charge in [-0.3, -0.25) is 0 Å². The summed E-state index contributed by atoms with van der Waals surface area (Å²) in [4.78, 5) is 0. The molecule has 1 aromatic carbocycles. The largest absolute Gasteiger partial charge is 0.392 e. The van der Waals surface area contributed by atoms with E-state index in [1.807, 2.05) is 0 Å². The van der Waals surface area contributed by atoms with Gasteiger partial charge in [0.25, 0.3) is 0 Å². The molecule has 0 aliphatic rings. The van der Waals surface area contributed by atoms with Crippen LogP contribution in [0.4, 0.5) is 16.6 Å². The normalized spacial score (nSPS) is 14.0. The average Bonchev–Trinajstić information content (AvgIpc) is 2.16. The summed E-state index contributed by atoms with van der Waals surface area (Å²) in [5, 5.41) is 4.55. The zero-order chi connectivity index (χ0) is 11.7. The van der Waals surface area contributed by atoms with E-state index in [1.54, 1.807) is 0 Å². The minimum atomic E-state index is -4.97. The van der Waals surface area contributed by atoms with Crippen LogP contribution in [-0.4, -0.2) is 11.4 Å². The van der Waals surface area contributed by atoms with Gasteiger partial charge in [-0.05, 0) is 5.56 Å². The first-order valence-corrected chi connectivity index (χ1v) is 5.88. The highest BCUT2D eigenvalue weighted by molar-refractivity contribution is 8.25. The van der Waals surface area contributed by atoms with E-state index in [-0.39, 0.29) is 12.9 Å². The minimum absolute atomic E-state index is 0.257. The summed E-state index contributed by atoms with van der Waals surface area (Å²) in [6, 6.07) is 4.23. The molecule has 0 aliphatic heterocycles. The molecule has 0 fully saturated rings. The Kier molecular flexibility index (Phi) is 3.30. The molecular weight excluding hydrogens is 232 g/mol. The first kappa shape index (κ1) is 12.3. The van der Waals surface area contributed by atoms with Crippen LogP contribution in [0.5, 0.6) is 0 Å². The fourth-order valence-electron chi connectivity index (χ4n) is 1.01. The number of benzene rings is 1. The zero-order valence-corrected chi connectivity index (χ0v) is 8.70. The van der Waals surface area contributed by atoms with Crippen LogP contribution in [0.15, 0.2) is 24.3 Å². The van der Waals surface area contributed by atoms with Crippen molar-refractivity contribution in [3.05, 3.63) is 35.4 Å². The number of hydrogen-bond donors (Lipinski definition) is 1. The topological polar surface area (TPSA) is 20.2 Å². The Bertz CT molecular complexity index is 331. The van der Waals surface area contributed by atoms with Gasteiger partial charge in [0, 0.05) is 11.8 Å². The fraction of sp³-hybridized carbons (Fsp3) is 0.333. The molecule has 1 aromatic rings. The van der Waals surface area contributed by atoms with Crippen molar-refractivity contribution in [1.29, 1.82) is 0 Å². The molecule has 0 saturated carbocycles. The predicted molar refractivity (Wildman–Crippen MR) is 52.0 cm³/mol. The second-order valence-corrected chi connectivity index (χ2v) is 5.06. The molecule has 0 unspecified atom stereocenters. The lowest BCUT2D eigenvalue weighted by atomic mass is 10.1. The number of alkyl halides is 2. The smallest absolute Gasteiger partial charge is 0.352 e. The molecule has 0 spiro atoms. The van der Waals surface area contributed by atoms with E-state index in [9.17, 15) is 16.6 Å². The maximum atomic E-state index is 13.1. The van der Waals surface area contributed by atoms with E-state index in [2.05, 4.69) is 0 Å². The third kappa shape index (κ3) is 2.43. The van der Waals surface area contributed by atoms with Gasteiger partial charge in [-0.2, -0.15) is 16.6 Å². The van der Waals surface area contributed by atoms with Crippen LogP contribution >= 0.6 is 10.8 Å². The van der Waals surface area contributed by atoms with Crippen molar-refractivity contribution in [2.45, 2.75) is 11.9 Å². The van der Waals surface area contributed by atoms with Gasteiger partial charge in [0.2, 0.25) is 0 Å². The van der Waals surface area contributed by atoms with E-state index >= 15 is 0 Å². The Morgan fingerprint density at radius 2 is 1.67 bits per heavy atom. The standard InChI is InChI=1S/C9H10F4OS/c1-15(12,13)9(10,11)8-4-2-7(6-14)3-5-8/h2-5,14H,6H2,1H3. The van der Waals surface area contributed by atoms with Crippen LogP contribution in [0.2, 0.25) is 0 Å². The van der Waals surface area contributed by atoms with Gasteiger partial charge in [0.05, 0.1) is 6.61 Å². The van der Waals surface area contributed by atoms with E-state index in [4.69, 9.17) is 5.11 Å². The lowest BCUT2D eigenvalue weighted by Crippen LogP contribution is -2.16. The van der Waals surface area contributed by atoms with Gasteiger partial charge in [0.1, 0.15) is 10.8 Å². The Labute approximate surface area is 86.6 Å². The number of hydrogen-bond acceptors (Lipinski definition) is 1. The van der Waals surface area contributed by atoms with Gasteiger partial charge in [-0.25, -0.2) is 0 Å². The first-order chi connectivity index (χ1) is 6.79. The van der Waals surface area contributed by atoms with Crippen LogP contribution in [0.1, 0.15) is 11.1 Å². The van der Waals surface area contributed by atoms with Gasteiger partial charge < -0.3 is 5.11 Å². The lowest BCUT2D eigenvalue weighted by Gasteiger charge is -2.26. The number of halogens is 4. The van der Waals surface area contributed by atoms with Crippen molar-refractivity contribution >= 4 is 10.8 Å². The molecule has 15 heavy (non-hydrogen) atoms. The first-order valence-electron chi connectivity index (χ1n) is 4.04. The van der Waals surface area contributed by atoms with Gasteiger partial charge in [-0.1, -0.05) is 24.3 Å². The SMILES string of the molecule is CS(F)(F)C(F)(F)c1ccc(CO)cc1. The summed E-state index contributed by atoms with van der Waals surface area (Å²) < 4.78 is 51.6. The third-order valence-electron chi connectivity index (χ3n) is 1.92. The van der Waals surface area contributed by atoms with Gasteiger partial charge >= 0.3 is 5.25 Å². The second-order valence-electron chi connectivity index (χ2n) is 3.10. The Balaban J connectivity index is 3.06. The molecule has 0 aromatic heterocycles. The average molecular weight is 242 g/mol. The molecule has 0 aliphatic carbocycles. The fourth-order valence-corrected chi connectivity index (χ4v) is 1.56. The van der Waals surface area contributed by atoms with E-state index in [0.717, 1.165) is 12.1 Å². The van der Waals surface area contributed by atoms with Crippen LogP contribution < -0.4 is 0 Å². The molecule has 1 rings (SSSR count). The highest BCUT2D eigenvalue weighted by Gasteiger charge is 2.49. The maximum Gasteiger partial charge on any atom is 0.352 e. The molecule has 0 bridgehead atoms. The van der Waals surface area contributed by atoms with E-state index < -0.39 is 21.6 Å². The molecule has 1 N–H and O–H groups in total. The second kappa shape index (κ2) is 4.02. The number of rotatable bonds is 3. The zero-order valence-electron chi connectivity index (χ0n) is 7.88. The molecule has 0 saturated heterocycles. The van der Waals surface area contributed by atoms with E-state index in [1.165, 1.54) is 12.1 Å². The van der Waals surface area contributed by atoms with Crippen molar-refractivity contribution in [1.82, 2.24) is 0 Å². The van der Waals surface area contributed by atoms with Gasteiger partial charge in [0.15, 0.2) is 0 Å². The molecule has 0 amide bonds. The maximum absolute atomic E-state index is 13.1. The molecule has 0 heterocycles. The highest BCUT2D eigenvalue weighted by Crippen LogP contribution is 2.66. The Hall–Kier alpha value is -0.750. The molecule has 6 heteroatoms.